The van der Waals surface area contributed by atoms with Crippen molar-refractivity contribution in [3.8, 4) is 0 Å². The van der Waals surface area contributed by atoms with Crippen LogP contribution in [0.15, 0.2) is 0 Å². The predicted molar refractivity (Wildman–Crippen MR) is 64.5 cm³/mol. The Balaban J connectivity index is 2.82. The molecule has 0 aromatic heterocycles. The van der Waals surface area contributed by atoms with Crippen LogP contribution in [0.5, 0.6) is 0 Å². The van der Waals surface area contributed by atoms with Crippen molar-refractivity contribution >= 4 is 19.7 Å². The van der Waals surface area contributed by atoms with Gasteiger partial charge in [0, 0.05) is 10.7 Å². The van der Waals surface area contributed by atoms with Crippen LogP contribution in [0.3, 0.4) is 0 Å². The minimum Gasteiger partial charge on any atom is -0.212 e. The van der Waals surface area contributed by atoms with Gasteiger partial charge in [0.25, 0.3) is 0 Å². The third kappa shape index (κ3) is 2.68. The Labute approximate surface area is 97.8 Å². The molecular formula is C11H21ClO2S. The van der Waals surface area contributed by atoms with Crippen molar-refractivity contribution in [2.45, 2.75) is 51.7 Å². The van der Waals surface area contributed by atoms with Gasteiger partial charge in [-0.2, -0.15) is 0 Å². The number of hydrogen-bond donors (Lipinski definition) is 0. The Morgan fingerprint density at radius 3 is 2.07 bits per heavy atom. The maximum Gasteiger partial charge on any atom is 0.238 e. The third-order valence-corrected chi connectivity index (χ3v) is 6.99. The van der Waals surface area contributed by atoms with Gasteiger partial charge in [0.05, 0.1) is 4.75 Å². The van der Waals surface area contributed by atoms with Gasteiger partial charge in [-0.1, -0.05) is 20.3 Å². The fourth-order valence-corrected chi connectivity index (χ4v) is 3.37. The Morgan fingerprint density at radius 2 is 1.67 bits per heavy atom. The molecule has 3 unspecified atom stereocenters. The molecule has 1 aliphatic carbocycles. The van der Waals surface area contributed by atoms with Gasteiger partial charge in [-0.05, 0) is 44.4 Å². The summed E-state index contributed by atoms with van der Waals surface area (Å²) in [7, 11) is 2.04. The van der Waals surface area contributed by atoms with E-state index in [4.69, 9.17) is 10.7 Å². The molecule has 3 atom stereocenters. The maximum atomic E-state index is 11.5. The molecule has 1 rings (SSSR count). The molecule has 0 bridgehead atoms. The first-order valence-electron chi connectivity index (χ1n) is 5.60. The first kappa shape index (κ1) is 13.3. The monoisotopic (exact) mass is 252 g/mol. The van der Waals surface area contributed by atoms with Gasteiger partial charge in [0.15, 0.2) is 0 Å². The summed E-state index contributed by atoms with van der Waals surface area (Å²) < 4.78 is 22.2. The highest BCUT2D eigenvalue weighted by molar-refractivity contribution is 8.14. The van der Waals surface area contributed by atoms with Gasteiger partial charge in [-0.3, -0.25) is 0 Å². The summed E-state index contributed by atoms with van der Waals surface area (Å²) in [6.45, 7) is 7.95. The van der Waals surface area contributed by atoms with Crippen LogP contribution in [-0.4, -0.2) is 13.2 Å². The molecule has 0 aromatic rings. The molecule has 0 spiro atoms. The van der Waals surface area contributed by atoms with E-state index in [0.29, 0.717) is 11.8 Å². The summed E-state index contributed by atoms with van der Waals surface area (Å²) in [5.74, 6) is 1.50. The van der Waals surface area contributed by atoms with Gasteiger partial charge in [0.2, 0.25) is 9.05 Å². The molecule has 1 aliphatic rings. The van der Waals surface area contributed by atoms with Crippen LogP contribution in [0, 0.1) is 17.8 Å². The first-order chi connectivity index (χ1) is 6.66. The summed E-state index contributed by atoms with van der Waals surface area (Å²) in [4.78, 5) is 0. The fourth-order valence-electron chi connectivity index (χ4n) is 2.38. The van der Waals surface area contributed by atoms with E-state index in [-0.39, 0.29) is 5.92 Å². The normalized spacial score (nSPS) is 34.1. The van der Waals surface area contributed by atoms with Crippen LogP contribution >= 0.6 is 10.7 Å². The van der Waals surface area contributed by atoms with Crippen LogP contribution < -0.4 is 0 Å². The average Bonchev–Trinajstić information content (AvgIpc) is 2.07. The van der Waals surface area contributed by atoms with Crippen molar-refractivity contribution in [3.05, 3.63) is 0 Å². The summed E-state index contributed by atoms with van der Waals surface area (Å²) in [6.07, 6.45) is 3.06. The highest BCUT2D eigenvalue weighted by atomic mass is 35.7. The lowest BCUT2D eigenvalue weighted by atomic mass is 9.72. The van der Waals surface area contributed by atoms with Crippen molar-refractivity contribution in [2.75, 3.05) is 0 Å². The smallest absolute Gasteiger partial charge is 0.212 e. The minimum absolute atomic E-state index is 0.200. The van der Waals surface area contributed by atoms with Crippen molar-refractivity contribution in [1.29, 1.82) is 0 Å². The van der Waals surface area contributed by atoms with E-state index < -0.39 is 13.8 Å². The fraction of sp³-hybridized carbons (Fsp3) is 1.00. The molecule has 0 amide bonds. The number of rotatable bonds is 2. The molecular weight excluding hydrogens is 232 g/mol. The zero-order chi connectivity index (χ0) is 11.9. The minimum atomic E-state index is -3.47. The Bertz CT molecular complexity index is 321. The standard InChI is InChI=1S/C11H21ClO2S/c1-8-5-6-10(7-9(8)2)11(3,4)15(12,13)14/h8-10H,5-7H2,1-4H3. The molecule has 0 aromatic carbocycles. The van der Waals surface area contributed by atoms with Crippen LogP contribution in [0.25, 0.3) is 0 Å². The van der Waals surface area contributed by atoms with E-state index in [1.807, 2.05) is 0 Å². The lowest BCUT2D eigenvalue weighted by Gasteiger charge is -2.39. The molecule has 0 heterocycles. The van der Waals surface area contributed by atoms with E-state index in [9.17, 15) is 8.42 Å². The van der Waals surface area contributed by atoms with Crippen LogP contribution in [0.4, 0.5) is 0 Å². The Morgan fingerprint density at radius 1 is 1.13 bits per heavy atom. The van der Waals surface area contributed by atoms with Crippen LogP contribution in [-0.2, 0) is 9.05 Å². The zero-order valence-electron chi connectivity index (χ0n) is 9.96. The largest absolute Gasteiger partial charge is 0.238 e. The highest BCUT2D eigenvalue weighted by Crippen LogP contribution is 2.42. The van der Waals surface area contributed by atoms with Gasteiger partial charge < -0.3 is 0 Å². The van der Waals surface area contributed by atoms with Gasteiger partial charge in [-0.15, -0.1) is 0 Å². The van der Waals surface area contributed by atoms with E-state index in [2.05, 4.69) is 13.8 Å². The summed E-state index contributed by atoms with van der Waals surface area (Å²) >= 11 is 0. The molecule has 4 heteroatoms. The second kappa shape index (κ2) is 4.25. The zero-order valence-corrected chi connectivity index (χ0v) is 11.5. The molecule has 0 N–H and O–H groups in total. The molecule has 1 saturated carbocycles. The molecule has 0 radical (unpaired) electrons. The van der Waals surface area contributed by atoms with E-state index in [1.165, 1.54) is 0 Å². The molecule has 2 nitrogen and oxygen atoms in total. The summed E-state index contributed by atoms with van der Waals surface area (Å²) in [5, 5.41) is 0. The van der Waals surface area contributed by atoms with Crippen LogP contribution in [0.1, 0.15) is 47.0 Å². The third-order valence-electron chi connectivity index (χ3n) is 4.21. The second-order valence-corrected chi connectivity index (χ2v) is 8.65. The molecule has 0 aliphatic heterocycles. The lowest BCUT2D eigenvalue weighted by molar-refractivity contribution is 0.180. The Kier molecular flexibility index (Phi) is 3.77. The first-order valence-corrected chi connectivity index (χ1v) is 7.91. The molecule has 0 saturated heterocycles. The van der Waals surface area contributed by atoms with Crippen molar-refractivity contribution in [1.82, 2.24) is 0 Å². The highest BCUT2D eigenvalue weighted by Gasteiger charge is 2.43. The van der Waals surface area contributed by atoms with Gasteiger partial charge >= 0.3 is 0 Å². The van der Waals surface area contributed by atoms with E-state index in [1.54, 1.807) is 13.8 Å². The van der Waals surface area contributed by atoms with E-state index in [0.717, 1.165) is 19.3 Å². The molecule has 90 valence electrons. The van der Waals surface area contributed by atoms with Gasteiger partial charge in [0.1, 0.15) is 0 Å². The number of halogens is 1. The van der Waals surface area contributed by atoms with Crippen molar-refractivity contribution in [2.24, 2.45) is 17.8 Å². The predicted octanol–water partition coefficient (Wildman–Crippen LogP) is 3.41. The summed E-state index contributed by atoms with van der Waals surface area (Å²) in [5.41, 5.74) is 0. The quantitative estimate of drug-likeness (QED) is 0.706. The van der Waals surface area contributed by atoms with Gasteiger partial charge in [-0.25, -0.2) is 8.42 Å². The second-order valence-electron chi connectivity index (χ2n) is 5.51. The lowest BCUT2D eigenvalue weighted by Crippen LogP contribution is -2.40. The topological polar surface area (TPSA) is 34.1 Å². The van der Waals surface area contributed by atoms with Crippen molar-refractivity contribution < 1.29 is 8.42 Å². The summed E-state index contributed by atoms with van der Waals surface area (Å²) in [6, 6.07) is 0. The van der Waals surface area contributed by atoms with Crippen molar-refractivity contribution in [3.63, 3.8) is 0 Å². The maximum absolute atomic E-state index is 11.5. The van der Waals surface area contributed by atoms with E-state index >= 15 is 0 Å². The molecule has 1 fully saturated rings. The molecule has 15 heavy (non-hydrogen) atoms. The van der Waals surface area contributed by atoms with Crippen LogP contribution in [0.2, 0.25) is 0 Å². The SMILES string of the molecule is CC1CCC(C(C)(C)S(=O)(=O)Cl)CC1C. The Hall–Kier alpha value is 0.240. The average molecular weight is 253 g/mol. The number of hydrogen-bond acceptors (Lipinski definition) is 2.